The topological polar surface area (TPSA) is 107 Å². The number of halogens is 1. The van der Waals surface area contributed by atoms with Crippen LogP contribution in [0.3, 0.4) is 0 Å². The predicted molar refractivity (Wildman–Crippen MR) is 143 cm³/mol. The first-order valence-electron chi connectivity index (χ1n) is 11.9. The van der Waals surface area contributed by atoms with Crippen LogP contribution in [0.2, 0.25) is 0 Å². The molecule has 4 aromatic rings. The van der Waals surface area contributed by atoms with Gasteiger partial charge in [-0.1, -0.05) is 6.92 Å². The van der Waals surface area contributed by atoms with Crippen molar-refractivity contribution in [3.05, 3.63) is 53.3 Å². The van der Waals surface area contributed by atoms with Crippen molar-refractivity contribution in [1.29, 1.82) is 0 Å². The number of aliphatic hydroxyl groups excluding tert-OH is 1. The lowest BCUT2D eigenvalue weighted by atomic mass is 10.2. The Morgan fingerprint density at radius 2 is 1.92 bits per heavy atom. The number of imidazole rings is 1. The number of fused-ring (bicyclic) bond motifs is 1. The van der Waals surface area contributed by atoms with Crippen molar-refractivity contribution >= 4 is 43.8 Å². The largest absolute Gasteiger partial charge is 0.395 e. The summed E-state index contributed by atoms with van der Waals surface area (Å²) in [7, 11) is -1.50. The smallest absolute Gasteiger partial charge is 0.211 e. The number of nitrogens with zero attached hydrogens (tertiary/aromatic N) is 7. The molecule has 10 nitrogen and oxygen atoms in total. The van der Waals surface area contributed by atoms with Crippen molar-refractivity contribution in [2.75, 3.05) is 49.3 Å². The Labute approximate surface area is 218 Å². The highest BCUT2D eigenvalue weighted by Crippen LogP contribution is 2.34. The highest BCUT2D eigenvalue weighted by atomic mass is 32.2. The number of thiazole rings is 1. The molecule has 1 atom stereocenters. The van der Waals surface area contributed by atoms with Gasteiger partial charge in [0.15, 0.2) is 16.6 Å². The van der Waals surface area contributed by atoms with Crippen LogP contribution >= 0.6 is 11.3 Å². The summed E-state index contributed by atoms with van der Waals surface area (Å²) in [4.78, 5) is 13.5. The van der Waals surface area contributed by atoms with Gasteiger partial charge >= 0.3 is 0 Å². The number of sulfonamides is 1. The zero-order chi connectivity index (χ0) is 26.3. The van der Waals surface area contributed by atoms with Crippen LogP contribution in [0, 0.1) is 5.82 Å². The zero-order valence-corrected chi connectivity index (χ0v) is 22.4. The molecule has 1 saturated heterocycles. The summed E-state index contributed by atoms with van der Waals surface area (Å²) >= 11 is 1.47. The molecular weight excluding hydrogens is 517 g/mol. The lowest BCUT2D eigenvalue weighted by molar-refractivity contribution is 0.176. The van der Waals surface area contributed by atoms with Crippen molar-refractivity contribution in [2.24, 2.45) is 0 Å². The molecule has 0 radical (unpaired) electrons. The Kier molecular flexibility index (Phi) is 6.88. The lowest BCUT2D eigenvalue weighted by Gasteiger charge is -2.39. The van der Waals surface area contributed by atoms with Gasteiger partial charge in [0.1, 0.15) is 11.6 Å². The van der Waals surface area contributed by atoms with Crippen LogP contribution in [0.1, 0.15) is 12.6 Å². The molecule has 37 heavy (non-hydrogen) atoms. The van der Waals surface area contributed by atoms with Crippen molar-refractivity contribution < 1.29 is 17.9 Å². The molecule has 4 heterocycles. The Balaban J connectivity index is 1.48. The van der Waals surface area contributed by atoms with Crippen LogP contribution in [-0.2, 0) is 16.4 Å². The van der Waals surface area contributed by atoms with E-state index < -0.39 is 16.1 Å². The maximum atomic E-state index is 13.3. The second-order valence-electron chi connectivity index (χ2n) is 8.93. The third-order valence-electron chi connectivity index (χ3n) is 6.47. The van der Waals surface area contributed by atoms with Crippen LogP contribution in [-0.4, -0.2) is 83.0 Å². The Hall–Kier alpha value is -3.13. The van der Waals surface area contributed by atoms with E-state index in [9.17, 15) is 17.9 Å². The molecule has 0 spiro atoms. The monoisotopic (exact) mass is 545 g/mol. The first kappa shape index (κ1) is 25.5. The van der Waals surface area contributed by atoms with E-state index in [1.54, 1.807) is 16.6 Å². The standard InChI is InChI=1S/C24H28FN7O3S2/c1-4-19-23(29(2)24-27-20(15-36-24)16-5-7-17(25)8-6-16)32-21(26-19)9-10-22(28-32)30-11-12-31(37(3,34)35)18(13-30)14-33/h5-10,15,18,33H,4,11-14H2,1-3H3/t18-/m1/s1. The molecule has 0 bridgehead atoms. The van der Waals surface area contributed by atoms with Crippen LogP contribution in [0.5, 0.6) is 0 Å². The summed E-state index contributed by atoms with van der Waals surface area (Å²) in [5.41, 5.74) is 3.14. The van der Waals surface area contributed by atoms with Crippen LogP contribution < -0.4 is 9.80 Å². The van der Waals surface area contributed by atoms with E-state index >= 15 is 0 Å². The number of hydrogen-bond acceptors (Lipinski definition) is 9. The average molecular weight is 546 g/mol. The quantitative estimate of drug-likeness (QED) is 0.378. The summed E-state index contributed by atoms with van der Waals surface area (Å²) in [6.07, 6.45) is 1.85. The van der Waals surface area contributed by atoms with E-state index in [0.717, 1.165) is 34.2 Å². The van der Waals surface area contributed by atoms with Gasteiger partial charge in [0, 0.05) is 37.6 Å². The van der Waals surface area contributed by atoms with Crippen LogP contribution in [0.15, 0.2) is 41.8 Å². The van der Waals surface area contributed by atoms with Gasteiger partial charge in [0.05, 0.1) is 30.3 Å². The molecule has 0 amide bonds. The minimum Gasteiger partial charge on any atom is -0.395 e. The molecule has 1 aliphatic heterocycles. The van der Waals surface area contributed by atoms with Gasteiger partial charge in [-0.25, -0.2) is 22.8 Å². The first-order valence-corrected chi connectivity index (χ1v) is 14.6. The molecule has 0 aliphatic carbocycles. The van der Waals surface area contributed by atoms with Crippen molar-refractivity contribution in [3.8, 4) is 11.3 Å². The van der Waals surface area contributed by atoms with E-state index in [-0.39, 0.29) is 19.0 Å². The molecule has 0 saturated carbocycles. The van der Waals surface area contributed by atoms with Gasteiger partial charge in [-0.15, -0.1) is 16.4 Å². The van der Waals surface area contributed by atoms with E-state index in [2.05, 4.69) is 0 Å². The number of rotatable bonds is 7. The first-order chi connectivity index (χ1) is 17.7. The minimum atomic E-state index is -3.42. The second kappa shape index (κ2) is 9.97. The van der Waals surface area contributed by atoms with E-state index in [0.29, 0.717) is 31.0 Å². The second-order valence-corrected chi connectivity index (χ2v) is 11.7. The van der Waals surface area contributed by atoms with Gasteiger partial charge in [0.2, 0.25) is 10.0 Å². The zero-order valence-electron chi connectivity index (χ0n) is 20.7. The number of benzene rings is 1. The number of aryl methyl sites for hydroxylation is 1. The fourth-order valence-corrected chi connectivity index (χ4v) is 6.48. The Morgan fingerprint density at radius 1 is 1.16 bits per heavy atom. The lowest BCUT2D eigenvalue weighted by Crippen LogP contribution is -2.56. The third-order valence-corrected chi connectivity index (χ3v) is 8.72. The molecule has 5 rings (SSSR count). The molecule has 1 fully saturated rings. The highest BCUT2D eigenvalue weighted by Gasteiger charge is 2.33. The number of aromatic nitrogens is 4. The molecule has 0 unspecified atom stereocenters. The molecular formula is C24H28FN7O3S2. The van der Waals surface area contributed by atoms with Crippen molar-refractivity contribution in [2.45, 2.75) is 19.4 Å². The average Bonchev–Trinajstić information content (AvgIpc) is 3.52. The summed E-state index contributed by atoms with van der Waals surface area (Å²) in [5, 5.41) is 17.4. The normalized spacial score (nSPS) is 17.0. The van der Waals surface area contributed by atoms with Gasteiger partial charge < -0.3 is 14.9 Å². The van der Waals surface area contributed by atoms with Gasteiger partial charge in [-0.2, -0.15) is 8.82 Å². The molecule has 1 aromatic carbocycles. The molecule has 196 valence electrons. The van der Waals surface area contributed by atoms with Crippen LogP contribution in [0.25, 0.3) is 16.9 Å². The van der Waals surface area contributed by atoms with Gasteiger partial charge in [-0.05, 0) is 42.8 Å². The predicted octanol–water partition coefficient (Wildman–Crippen LogP) is 2.76. The van der Waals surface area contributed by atoms with E-state index in [4.69, 9.17) is 15.1 Å². The molecule has 13 heteroatoms. The maximum absolute atomic E-state index is 13.3. The third kappa shape index (κ3) is 4.91. The molecule has 1 aliphatic rings. The van der Waals surface area contributed by atoms with E-state index in [1.807, 2.05) is 41.3 Å². The van der Waals surface area contributed by atoms with Crippen molar-refractivity contribution in [1.82, 2.24) is 23.9 Å². The summed E-state index contributed by atoms with van der Waals surface area (Å²) in [6, 6.07) is 9.46. The van der Waals surface area contributed by atoms with E-state index in [1.165, 1.54) is 27.8 Å². The fraction of sp³-hybridized carbons (Fsp3) is 0.375. The molecule has 3 aromatic heterocycles. The van der Waals surface area contributed by atoms with Gasteiger partial charge in [0.25, 0.3) is 0 Å². The maximum Gasteiger partial charge on any atom is 0.211 e. The highest BCUT2D eigenvalue weighted by molar-refractivity contribution is 7.88. The number of hydrogen-bond donors (Lipinski definition) is 1. The number of aliphatic hydroxyl groups is 1. The summed E-state index contributed by atoms with van der Waals surface area (Å²) < 4.78 is 40.7. The summed E-state index contributed by atoms with van der Waals surface area (Å²) in [5.74, 6) is 1.16. The SMILES string of the molecule is CCc1nc2ccc(N3CCN(S(C)(=O)=O)[C@@H](CO)C3)nn2c1N(C)c1nc(-c2ccc(F)cc2)cs1. The number of anilines is 3. The van der Waals surface area contributed by atoms with Crippen LogP contribution in [0.4, 0.5) is 21.2 Å². The number of piperazine rings is 1. The summed E-state index contributed by atoms with van der Waals surface area (Å²) in [6.45, 7) is 2.81. The minimum absolute atomic E-state index is 0.270. The Bertz CT molecular complexity index is 1520. The molecule has 1 N–H and O–H groups in total. The Morgan fingerprint density at radius 3 is 2.59 bits per heavy atom. The van der Waals surface area contributed by atoms with Gasteiger partial charge in [-0.3, -0.25) is 0 Å². The fourth-order valence-electron chi connectivity index (χ4n) is 4.59. The van der Waals surface area contributed by atoms with Crippen molar-refractivity contribution in [3.63, 3.8) is 0 Å².